The molecule has 0 aromatic heterocycles. The van der Waals surface area contributed by atoms with Crippen molar-refractivity contribution in [3.8, 4) is 0 Å². The first-order valence-corrected chi connectivity index (χ1v) is 9.73. The molecule has 0 heteroatoms. The number of rotatable bonds is 5. The van der Waals surface area contributed by atoms with E-state index in [2.05, 4.69) is 84.5 Å². The van der Waals surface area contributed by atoms with Gasteiger partial charge in [0.25, 0.3) is 0 Å². The van der Waals surface area contributed by atoms with Gasteiger partial charge < -0.3 is 0 Å². The van der Waals surface area contributed by atoms with E-state index in [1.54, 1.807) is 0 Å². The fourth-order valence-corrected chi connectivity index (χ4v) is 2.37. The summed E-state index contributed by atoms with van der Waals surface area (Å²) in [5.41, 5.74) is 8.12. The minimum Gasteiger partial charge on any atom is -0.0990 e. The molecular formula is C26H40. The van der Waals surface area contributed by atoms with Gasteiger partial charge in [-0.2, -0.15) is 0 Å². The van der Waals surface area contributed by atoms with Gasteiger partial charge in [-0.25, -0.2) is 0 Å². The molecule has 144 valence electrons. The van der Waals surface area contributed by atoms with Gasteiger partial charge in [0.2, 0.25) is 0 Å². The van der Waals surface area contributed by atoms with Crippen LogP contribution in [0.2, 0.25) is 0 Å². The van der Waals surface area contributed by atoms with Gasteiger partial charge in [-0.05, 0) is 81.4 Å². The molecule has 0 bridgehead atoms. The first-order valence-electron chi connectivity index (χ1n) is 9.73. The molecule has 0 fully saturated rings. The Morgan fingerprint density at radius 3 is 2.04 bits per heavy atom. The van der Waals surface area contributed by atoms with Crippen LogP contribution in [0.15, 0.2) is 78.0 Å². The molecule has 0 amide bonds. The summed E-state index contributed by atoms with van der Waals surface area (Å²) in [6, 6.07) is 6.48. The lowest BCUT2D eigenvalue weighted by Crippen LogP contribution is -1.88. The first-order chi connectivity index (χ1) is 12.4. The number of hydrogen-bond acceptors (Lipinski definition) is 0. The van der Waals surface area contributed by atoms with E-state index in [4.69, 9.17) is 0 Å². The van der Waals surface area contributed by atoms with Crippen LogP contribution in [0.4, 0.5) is 0 Å². The van der Waals surface area contributed by atoms with Gasteiger partial charge in [-0.3, -0.25) is 0 Å². The van der Waals surface area contributed by atoms with Crippen LogP contribution in [0, 0.1) is 13.8 Å². The van der Waals surface area contributed by atoms with E-state index in [0.717, 1.165) is 6.42 Å². The Hall–Kier alpha value is -2.08. The third-order valence-electron chi connectivity index (χ3n) is 4.20. The normalized spacial score (nSPS) is 12.1. The molecule has 0 aliphatic rings. The van der Waals surface area contributed by atoms with Crippen LogP contribution in [-0.4, -0.2) is 0 Å². The van der Waals surface area contributed by atoms with E-state index in [0.29, 0.717) is 0 Å². The predicted molar refractivity (Wildman–Crippen MR) is 123 cm³/mol. The molecule has 0 unspecified atom stereocenters. The molecule has 1 aromatic rings. The van der Waals surface area contributed by atoms with Crippen molar-refractivity contribution >= 4 is 0 Å². The van der Waals surface area contributed by atoms with E-state index in [1.165, 1.54) is 33.4 Å². The summed E-state index contributed by atoms with van der Waals surface area (Å²) in [7, 11) is 0. The minimum absolute atomic E-state index is 1.15. The van der Waals surface area contributed by atoms with Crippen LogP contribution in [0.3, 0.4) is 0 Å². The molecule has 26 heavy (non-hydrogen) atoms. The Kier molecular flexibility index (Phi) is 16.5. The van der Waals surface area contributed by atoms with Crippen LogP contribution in [0.1, 0.15) is 65.2 Å². The van der Waals surface area contributed by atoms with Gasteiger partial charge in [0.1, 0.15) is 0 Å². The van der Waals surface area contributed by atoms with Crippen LogP contribution >= 0.6 is 0 Å². The summed E-state index contributed by atoms with van der Waals surface area (Å²) in [4.78, 5) is 0. The second kappa shape index (κ2) is 16.4. The summed E-state index contributed by atoms with van der Waals surface area (Å²) >= 11 is 0. The van der Waals surface area contributed by atoms with Gasteiger partial charge >= 0.3 is 0 Å². The zero-order valence-corrected chi connectivity index (χ0v) is 18.6. The molecule has 0 spiro atoms. The molecular weight excluding hydrogens is 312 g/mol. The van der Waals surface area contributed by atoms with Crippen molar-refractivity contribution in [1.29, 1.82) is 0 Å². The second-order valence-corrected chi connectivity index (χ2v) is 5.88. The monoisotopic (exact) mass is 352 g/mol. The Morgan fingerprint density at radius 1 is 1.00 bits per heavy atom. The van der Waals surface area contributed by atoms with Crippen molar-refractivity contribution in [3.63, 3.8) is 0 Å². The highest BCUT2D eigenvalue weighted by Gasteiger charge is 1.99. The van der Waals surface area contributed by atoms with Crippen molar-refractivity contribution < 1.29 is 0 Å². The van der Waals surface area contributed by atoms with Gasteiger partial charge in [-0.15, -0.1) is 0 Å². The van der Waals surface area contributed by atoms with Crippen LogP contribution < -0.4 is 0 Å². The second-order valence-electron chi connectivity index (χ2n) is 5.88. The highest BCUT2D eigenvalue weighted by Crippen LogP contribution is 2.18. The first kappa shape index (κ1) is 26.2. The molecule has 0 N–H and O–H groups in total. The maximum atomic E-state index is 3.73. The molecule has 0 aliphatic heterocycles. The van der Waals surface area contributed by atoms with Gasteiger partial charge in [-0.1, -0.05) is 82.0 Å². The van der Waals surface area contributed by atoms with Gasteiger partial charge in [0, 0.05) is 0 Å². The Morgan fingerprint density at radius 2 is 1.62 bits per heavy atom. The van der Waals surface area contributed by atoms with Crippen LogP contribution in [0.5, 0.6) is 0 Å². The molecule has 0 saturated carbocycles. The van der Waals surface area contributed by atoms with Crippen LogP contribution in [-0.2, 0) is 6.42 Å². The maximum Gasteiger partial charge on any atom is -0.0202 e. The van der Waals surface area contributed by atoms with Crippen molar-refractivity contribution in [2.24, 2.45) is 0 Å². The van der Waals surface area contributed by atoms with Gasteiger partial charge in [0.05, 0.1) is 0 Å². The third-order valence-corrected chi connectivity index (χ3v) is 4.20. The quantitative estimate of drug-likeness (QED) is 0.466. The summed E-state index contributed by atoms with van der Waals surface area (Å²) in [5, 5.41) is 0. The molecule has 0 heterocycles. The van der Waals surface area contributed by atoms with Crippen molar-refractivity contribution in [1.82, 2.24) is 0 Å². The van der Waals surface area contributed by atoms with E-state index in [1.807, 2.05) is 39.0 Å². The maximum absolute atomic E-state index is 3.73. The average molecular weight is 353 g/mol. The van der Waals surface area contributed by atoms with E-state index < -0.39 is 0 Å². The molecule has 0 saturated heterocycles. The molecule has 0 radical (unpaired) electrons. The van der Waals surface area contributed by atoms with Crippen molar-refractivity contribution in [3.05, 3.63) is 94.6 Å². The highest BCUT2D eigenvalue weighted by atomic mass is 14.0. The highest BCUT2D eigenvalue weighted by molar-refractivity contribution is 5.47. The standard InChI is InChI=1S/C14H20.C10H14.C2H6/c1-6-9-11-13(5)14(10-7-2)12(4)8-3;1-4-10-7-5-6-8(2)9(10)3;1-2/h6-11H,2H2,1,3-5H3;5-7H,4H2,1-3H3;1-2H3/b9-6-,12-8-,13-11+,14-10+;;. The minimum atomic E-state index is 1.15. The largest absolute Gasteiger partial charge is 0.0990 e. The summed E-state index contributed by atoms with van der Waals surface area (Å²) in [6.07, 6.45) is 13.3. The lowest BCUT2D eigenvalue weighted by atomic mass is 9.99. The SMILES string of the molecule is C=C/C=C(C(\C)=C/C)/C(C)=C/C=C\C.CC.CCc1cccc(C)c1C. The van der Waals surface area contributed by atoms with Crippen molar-refractivity contribution in [2.75, 3.05) is 0 Å². The molecule has 0 atom stereocenters. The molecule has 0 nitrogen and oxygen atoms in total. The molecule has 1 aromatic carbocycles. The van der Waals surface area contributed by atoms with E-state index in [-0.39, 0.29) is 0 Å². The smallest absolute Gasteiger partial charge is 0.0202 e. The summed E-state index contributed by atoms with van der Waals surface area (Å²) in [6.45, 7) is 22.6. The number of aryl methyl sites for hydroxylation is 2. The molecule has 1 rings (SSSR count). The van der Waals surface area contributed by atoms with Crippen molar-refractivity contribution in [2.45, 2.75) is 68.7 Å². The Labute approximate surface area is 163 Å². The fourth-order valence-electron chi connectivity index (χ4n) is 2.37. The van der Waals surface area contributed by atoms with E-state index in [9.17, 15) is 0 Å². The zero-order chi connectivity index (χ0) is 20.5. The lowest BCUT2D eigenvalue weighted by molar-refractivity contribution is 1.09. The average Bonchev–Trinajstić information content (AvgIpc) is 2.67. The zero-order valence-electron chi connectivity index (χ0n) is 18.6. The van der Waals surface area contributed by atoms with E-state index >= 15 is 0 Å². The summed E-state index contributed by atoms with van der Waals surface area (Å²) in [5.74, 6) is 0. The Balaban J connectivity index is 0. The number of allylic oxidation sites excluding steroid dienone is 9. The molecule has 0 aliphatic carbocycles. The van der Waals surface area contributed by atoms with Crippen LogP contribution in [0.25, 0.3) is 0 Å². The van der Waals surface area contributed by atoms with Gasteiger partial charge in [0.15, 0.2) is 0 Å². The fraction of sp³-hybridized carbons (Fsp3) is 0.385. The predicted octanol–water partition coefficient (Wildman–Crippen LogP) is 8.48. The lowest BCUT2D eigenvalue weighted by Gasteiger charge is -2.06. The summed E-state index contributed by atoms with van der Waals surface area (Å²) < 4.78 is 0. The number of benzene rings is 1. The Bertz CT molecular complexity index is 634. The number of hydrogen-bond donors (Lipinski definition) is 0. The third kappa shape index (κ3) is 10.0. The topological polar surface area (TPSA) is 0 Å².